The molecule has 1 rings (SSSR count). The third-order valence-electron chi connectivity index (χ3n) is 1.78. The fourth-order valence-electron chi connectivity index (χ4n) is 1.07. The Kier molecular flexibility index (Phi) is 2.52. The summed E-state index contributed by atoms with van der Waals surface area (Å²) in [5.41, 5.74) is 1.48. The highest BCUT2D eigenvalue weighted by atomic mass is 31.0. The summed E-state index contributed by atoms with van der Waals surface area (Å²) in [4.78, 5) is 0. The molecule has 1 aromatic rings. The molecule has 2 nitrogen and oxygen atoms in total. The third kappa shape index (κ3) is 1.84. The van der Waals surface area contributed by atoms with Crippen molar-refractivity contribution in [3.63, 3.8) is 0 Å². The average Bonchev–Trinajstić information content (AvgIpc) is 2.29. The number of rotatable bonds is 2. The first-order chi connectivity index (χ1) is 5.45. The van der Waals surface area contributed by atoms with Crippen LogP contribution in [0.4, 0.5) is 4.39 Å². The summed E-state index contributed by atoms with van der Waals surface area (Å²) in [5.74, 6) is 0. The minimum absolute atomic E-state index is 0.479. The molecular weight excluding hydrogens is 174 g/mol. The summed E-state index contributed by atoms with van der Waals surface area (Å²) in [6, 6.07) is 1.77. The van der Waals surface area contributed by atoms with Crippen LogP contribution in [0, 0.1) is 6.92 Å². The maximum Gasteiger partial charge on any atom is 0.164 e. The highest BCUT2D eigenvalue weighted by Gasteiger charge is 2.22. The molecule has 0 amide bonds. The first-order valence-corrected chi connectivity index (χ1v) is 4.55. The Morgan fingerprint density at radius 3 is 2.58 bits per heavy atom. The molecule has 1 heterocycles. The van der Waals surface area contributed by atoms with Gasteiger partial charge in [-0.2, -0.15) is 5.10 Å². The van der Waals surface area contributed by atoms with Gasteiger partial charge in [0.2, 0.25) is 0 Å². The zero-order valence-electron chi connectivity index (χ0n) is 7.63. The van der Waals surface area contributed by atoms with Gasteiger partial charge < -0.3 is 0 Å². The molecule has 0 fully saturated rings. The lowest BCUT2D eigenvalue weighted by Gasteiger charge is -2.09. The van der Waals surface area contributed by atoms with Crippen LogP contribution < -0.4 is 0 Å². The monoisotopic (exact) mass is 188 g/mol. The van der Waals surface area contributed by atoms with E-state index >= 15 is 0 Å². The number of aromatic nitrogens is 2. The van der Waals surface area contributed by atoms with Crippen molar-refractivity contribution in [2.75, 3.05) is 0 Å². The lowest BCUT2D eigenvalue weighted by atomic mass is 10.3. The van der Waals surface area contributed by atoms with Gasteiger partial charge in [-0.25, -0.2) is 4.39 Å². The highest BCUT2D eigenvalue weighted by Crippen LogP contribution is 2.31. The Labute approximate surface area is 74.4 Å². The largest absolute Gasteiger partial charge is 0.270 e. The van der Waals surface area contributed by atoms with Gasteiger partial charge >= 0.3 is 0 Å². The highest BCUT2D eigenvalue weighted by molar-refractivity contribution is 7.18. The van der Waals surface area contributed by atoms with E-state index < -0.39 is 5.41 Å². The van der Waals surface area contributed by atoms with Crippen molar-refractivity contribution < 1.29 is 4.39 Å². The van der Waals surface area contributed by atoms with E-state index in [0.717, 1.165) is 12.2 Å². The van der Waals surface area contributed by atoms with Crippen molar-refractivity contribution in [1.29, 1.82) is 0 Å². The van der Waals surface area contributed by atoms with Gasteiger partial charge in [0.05, 0.1) is 0 Å². The van der Waals surface area contributed by atoms with Crippen LogP contribution in [0.15, 0.2) is 6.07 Å². The van der Waals surface area contributed by atoms with Gasteiger partial charge in [-0.05, 0) is 26.8 Å². The summed E-state index contributed by atoms with van der Waals surface area (Å²) in [5, 5.41) is 2.71. The predicted molar refractivity (Wildman–Crippen MR) is 50.8 cm³/mol. The van der Waals surface area contributed by atoms with Gasteiger partial charge in [-0.3, -0.25) is 4.68 Å². The molecule has 2 unspecified atom stereocenters. The van der Waals surface area contributed by atoms with E-state index in [2.05, 4.69) is 14.3 Å². The Morgan fingerprint density at radius 2 is 2.33 bits per heavy atom. The molecule has 1 aromatic heterocycles. The van der Waals surface area contributed by atoms with E-state index in [-0.39, 0.29) is 0 Å². The van der Waals surface area contributed by atoms with E-state index in [4.69, 9.17) is 0 Å². The zero-order chi connectivity index (χ0) is 9.35. The molecule has 12 heavy (non-hydrogen) atoms. The lowest BCUT2D eigenvalue weighted by molar-refractivity contribution is 0.312. The molecule has 0 aliphatic heterocycles. The Bertz CT molecular complexity index is 275. The Morgan fingerprint density at radius 1 is 1.75 bits per heavy atom. The van der Waals surface area contributed by atoms with Gasteiger partial charge in [0.1, 0.15) is 5.69 Å². The molecule has 0 radical (unpaired) electrons. The van der Waals surface area contributed by atoms with E-state index in [1.54, 1.807) is 10.7 Å². The number of halogens is 1. The fraction of sp³-hybridized carbons (Fsp3) is 0.625. The maximum atomic E-state index is 13.3. The third-order valence-corrected chi connectivity index (χ3v) is 2.08. The molecule has 0 saturated carbocycles. The van der Waals surface area contributed by atoms with Crippen LogP contribution in [0.3, 0.4) is 0 Å². The first kappa shape index (κ1) is 9.66. The molecule has 0 saturated heterocycles. The van der Waals surface area contributed by atoms with Crippen molar-refractivity contribution in [3.05, 3.63) is 17.5 Å². The molecule has 0 aliphatic carbocycles. The van der Waals surface area contributed by atoms with Crippen molar-refractivity contribution in [2.24, 2.45) is 0 Å². The van der Waals surface area contributed by atoms with Crippen LogP contribution in [0.5, 0.6) is 0 Å². The number of alkyl halides is 1. The van der Waals surface area contributed by atoms with Gasteiger partial charge in [0.25, 0.3) is 0 Å². The molecule has 2 atom stereocenters. The number of nitrogens with zero attached hydrogens (tertiary/aromatic N) is 2. The van der Waals surface area contributed by atoms with Crippen molar-refractivity contribution in [2.45, 2.75) is 32.7 Å². The second-order valence-corrected chi connectivity index (χ2v) is 4.15. The topological polar surface area (TPSA) is 17.8 Å². The summed E-state index contributed by atoms with van der Waals surface area (Å²) in [6.45, 7) is 6.19. The maximum absolute atomic E-state index is 13.3. The van der Waals surface area contributed by atoms with Crippen LogP contribution in [-0.4, -0.2) is 9.78 Å². The lowest BCUT2D eigenvalue weighted by Crippen LogP contribution is -2.07. The Hall–Kier alpha value is -0.430. The van der Waals surface area contributed by atoms with Gasteiger partial charge in [0.15, 0.2) is 5.41 Å². The summed E-state index contributed by atoms with van der Waals surface area (Å²) < 4.78 is 15.1. The van der Waals surface area contributed by atoms with E-state index in [9.17, 15) is 4.39 Å². The molecular formula is C8H14FN2P. The second-order valence-electron chi connectivity index (χ2n) is 3.06. The average molecular weight is 188 g/mol. The fourth-order valence-corrected chi connectivity index (χ4v) is 1.21. The first-order valence-electron chi connectivity index (χ1n) is 3.98. The van der Waals surface area contributed by atoms with Crippen LogP contribution >= 0.6 is 9.24 Å². The van der Waals surface area contributed by atoms with E-state index in [0.29, 0.717) is 5.69 Å². The van der Waals surface area contributed by atoms with Crippen LogP contribution in [-0.2, 0) is 12.0 Å². The summed E-state index contributed by atoms with van der Waals surface area (Å²) in [6.07, 6.45) is 0. The minimum Gasteiger partial charge on any atom is -0.270 e. The molecule has 0 N–H and O–H groups in total. The van der Waals surface area contributed by atoms with Crippen LogP contribution in [0.25, 0.3) is 0 Å². The minimum atomic E-state index is -1.41. The SMILES string of the molecule is CCn1nc(C(C)(F)P)cc1C. The number of aryl methyl sites for hydroxylation is 2. The van der Waals surface area contributed by atoms with E-state index in [1.165, 1.54) is 6.92 Å². The smallest absolute Gasteiger partial charge is 0.164 e. The summed E-state index contributed by atoms with van der Waals surface area (Å²) >= 11 is 0. The summed E-state index contributed by atoms with van der Waals surface area (Å²) in [7, 11) is 2.14. The van der Waals surface area contributed by atoms with Crippen LogP contribution in [0.2, 0.25) is 0 Å². The zero-order valence-corrected chi connectivity index (χ0v) is 8.79. The van der Waals surface area contributed by atoms with Gasteiger partial charge in [-0.15, -0.1) is 0 Å². The van der Waals surface area contributed by atoms with Crippen molar-refractivity contribution >= 4 is 9.24 Å². The molecule has 4 heteroatoms. The van der Waals surface area contributed by atoms with Gasteiger partial charge in [0, 0.05) is 12.2 Å². The van der Waals surface area contributed by atoms with E-state index in [1.807, 2.05) is 13.8 Å². The molecule has 68 valence electrons. The van der Waals surface area contributed by atoms with Crippen LogP contribution in [0.1, 0.15) is 25.2 Å². The molecule has 0 spiro atoms. The van der Waals surface area contributed by atoms with Gasteiger partial charge in [-0.1, -0.05) is 9.24 Å². The van der Waals surface area contributed by atoms with Crippen molar-refractivity contribution in [1.82, 2.24) is 9.78 Å². The number of hydrogen-bond donors (Lipinski definition) is 0. The molecule has 0 aliphatic rings. The molecule has 0 bridgehead atoms. The quantitative estimate of drug-likeness (QED) is 0.651. The molecule has 0 aromatic carbocycles. The Balaban J connectivity index is 3.05. The standard InChI is InChI=1S/C8H14FN2P/c1-4-11-6(2)5-7(10-11)8(3,9)12/h5H,4,12H2,1-3H3. The predicted octanol–water partition coefficient (Wildman–Crippen LogP) is 2.23. The normalized spacial score (nSPS) is 16.1. The second kappa shape index (κ2) is 3.14. The van der Waals surface area contributed by atoms with Crippen molar-refractivity contribution in [3.8, 4) is 0 Å². The number of hydrogen-bond acceptors (Lipinski definition) is 1.